The SMILES string of the molecule is CSc1ccccc1C(=O)N(Cc1ccncc1)C[C@@H]1CCCO1. The predicted octanol–water partition coefficient (Wildman–Crippen LogP) is 3.62. The van der Waals surface area contributed by atoms with Crippen LogP contribution in [0.2, 0.25) is 0 Å². The van der Waals surface area contributed by atoms with E-state index in [1.54, 1.807) is 24.2 Å². The minimum absolute atomic E-state index is 0.0623. The molecule has 1 fully saturated rings. The van der Waals surface area contributed by atoms with Crippen LogP contribution in [0.1, 0.15) is 28.8 Å². The lowest BCUT2D eigenvalue weighted by molar-refractivity contribution is 0.0504. The molecule has 0 unspecified atom stereocenters. The number of carbonyl (C=O) groups is 1. The second-order valence-corrected chi connectivity index (χ2v) is 6.72. The van der Waals surface area contributed by atoms with Gasteiger partial charge in [0.1, 0.15) is 0 Å². The molecule has 0 radical (unpaired) electrons. The summed E-state index contributed by atoms with van der Waals surface area (Å²) in [6.45, 7) is 2.00. The fourth-order valence-electron chi connectivity index (χ4n) is 2.95. The van der Waals surface area contributed by atoms with Crippen molar-refractivity contribution in [3.8, 4) is 0 Å². The summed E-state index contributed by atoms with van der Waals surface area (Å²) in [4.78, 5) is 20.1. The van der Waals surface area contributed by atoms with E-state index in [1.165, 1.54) is 0 Å². The number of ether oxygens (including phenoxy) is 1. The summed E-state index contributed by atoms with van der Waals surface area (Å²) in [5.41, 5.74) is 1.84. The molecule has 126 valence electrons. The number of hydrogen-bond donors (Lipinski definition) is 0. The van der Waals surface area contributed by atoms with Crippen LogP contribution in [0.15, 0.2) is 53.7 Å². The monoisotopic (exact) mass is 342 g/mol. The Bertz CT molecular complexity index is 672. The highest BCUT2D eigenvalue weighted by atomic mass is 32.2. The molecule has 4 nitrogen and oxygen atoms in total. The van der Waals surface area contributed by atoms with E-state index in [1.807, 2.05) is 47.6 Å². The van der Waals surface area contributed by atoms with Gasteiger partial charge >= 0.3 is 0 Å². The predicted molar refractivity (Wildman–Crippen MR) is 96.2 cm³/mol. The highest BCUT2D eigenvalue weighted by Crippen LogP contribution is 2.23. The topological polar surface area (TPSA) is 42.4 Å². The molecular weight excluding hydrogens is 320 g/mol. The first-order valence-electron chi connectivity index (χ1n) is 8.20. The third-order valence-corrected chi connectivity index (χ3v) is 4.99. The van der Waals surface area contributed by atoms with Crippen molar-refractivity contribution in [3.63, 3.8) is 0 Å². The largest absolute Gasteiger partial charge is 0.376 e. The number of pyridine rings is 1. The Morgan fingerprint density at radius 3 is 2.79 bits per heavy atom. The number of hydrogen-bond acceptors (Lipinski definition) is 4. The van der Waals surface area contributed by atoms with Gasteiger partial charge < -0.3 is 9.64 Å². The van der Waals surface area contributed by atoms with Crippen molar-refractivity contribution in [2.45, 2.75) is 30.4 Å². The molecule has 0 saturated carbocycles. The maximum atomic E-state index is 13.2. The summed E-state index contributed by atoms with van der Waals surface area (Å²) >= 11 is 1.60. The Morgan fingerprint density at radius 2 is 2.08 bits per heavy atom. The van der Waals surface area contributed by atoms with E-state index >= 15 is 0 Å². The van der Waals surface area contributed by atoms with Crippen molar-refractivity contribution in [2.75, 3.05) is 19.4 Å². The van der Waals surface area contributed by atoms with E-state index in [9.17, 15) is 4.79 Å². The van der Waals surface area contributed by atoms with Crippen LogP contribution in [0.25, 0.3) is 0 Å². The number of aromatic nitrogens is 1. The Kier molecular flexibility index (Phi) is 5.88. The molecule has 5 heteroatoms. The van der Waals surface area contributed by atoms with E-state index in [0.29, 0.717) is 13.1 Å². The molecule has 0 spiro atoms. The quantitative estimate of drug-likeness (QED) is 0.752. The van der Waals surface area contributed by atoms with Gasteiger partial charge in [-0.05, 0) is 48.9 Å². The number of amides is 1. The summed E-state index contributed by atoms with van der Waals surface area (Å²) in [6, 6.07) is 11.7. The molecule has 3 rings (SSSR count). The van der Waals surface area contributed by atoms with Gasteiger partial charge in [-0.1, -0.05) is 12.1 Å². The zero-order valence-electron chi connectivity index (χ0n) is 13.9. The van der Waals surface area contributed by atoms with Crippen LogP contribution >= 0.6 is 11.8 Å². The molecular formula is C19H22N2O2S. The Balaban J connectivity index is 1.83. The highest BCUT2D eigenvalue weighted by molar-refractivity contribution is 7.98. The van der Waals surface area contributed by atoms with E-state index in [0.717, 1.165) is 35.5 Å². The Morgan fingerprint density at radius 1 is 1.29 bits per heavy atom. The average molecular weight is 342 g/mol. The first-order chi connectivity index (χ1) is 11.8. The molecule has 1 aliphatic rings. The summed E-state index contributed by atoms with van der Waals surface area (Å²) in [7, 11) is 0. The molecule has 24 heavy (non-hydrogen) atoms. The van der Waals surface area contributed by atoms with E-state index in [-0.39, 0.29) is 12.0 Å². The lowest BCUT2D eigenvalue weighted by Gasteiger charge is -2.26. The van der Waals surface area contributed by atoms with Gasteiger partial charge in [0.25, 0.3) is 5.91 Å². The standard InChI is InChI=1S/C19H22N2O2S/c1-24-18-7-3-2-6-17(18)19(22)21(14-16-5-4-12-23-16)13-15-8-10-20-11-9-15/h2-3,6-11,16H,4-5,12-14H2,1H3/t16-/m0/s1. The van der Waals surface area contributed by atoms with Gasteiger partial charge in [-0.3, -0.25) is 9.78 Å². The van der Waals surface area contributed by atoms with Crippen molar-refractivity contribution in [1.82, 2.24) is 9.88 Å². The number of nitrogens with zero attached hydrogens (tertiary/aromatic N) is 2. The molecule has 0 bridgehead atoms. The molecule has 1 aromatic carbocycles. The number of carbonyl (C=O) groups excluding carboxylic acids is 1. The fraction of sp³-hybridized carbons (Fsp3) is 0.368. The lowest BCUT2D eigenvalue weighted by atomic mass is 10.1. The average Bonchev–Trinajstić information content (AvgIpc) is 3.14. The van der Waals surface area contributed by atoms with Crippen LogP contribution in [0.3, 0.4) is 0 Å². The zero-order chi connectivity index (χ0) is 16.8. The van der Waals surface area contributed by atoms with Crippen LogP contribution < -0.4 is 0 Å². The third-order valence-electron chi connectivity index (χ3n) is 4.20. The van der Waals surface area contributed by atoms with Crippen molar-refractivity contribution in [3.05, 3.63) is 59.9 Å². The Hall–Kier alpha value is -1.85. The lowest BCUT2D eigenvalue weighted by Crippen LogP contribution is -2.37. The van der Waals surface area contributed by atoms with Crippen molar-refractivity contribution >= 4 is 17.7 Å². The van der Waals surface area contributed by atoms with Gasteiger partial charge in [0.2, 0.25) is 0 Å². The molecule has 1 saturated heterocycles. The van der Waals surface area contributed by atoms with Gasteiger partial charge in [-0.15, -0.1) is 11.8 Å². The molecule has 1 atom stereocenters. The Labute approximate surface area is 147 Å². The summed E-state index contributed by atoms with van der Waals surface area (Å²) in [6.07, 6.45) is 7.75. The first kappa shape index (κ1) is 17.0. The van der Waals surface area contributed by atoms with Gasteiger partial charge in [0.15, 0.2) is 0 Å². The van der Waals surface area contributed by atoms with Crippen LogP contribution in [-0.2, 0) is 11.3 Å². The van der Waals surface area contributed by atoms with Crippen molar-refractivity contribution in [2.24, 2.45) is 0 Å². The number of benzene rings is 1. The molecule has 1 amide bonds. The highest BCUT2D eigenvalue weighted by Gasteiger charge is 2.24. The number of rotatable bonds is 6. The van der Waals surface area contributed by atoms with E-state index in [4.69, 9.17) is 4.74 Å². The second-order valence-electron chi connectivity index (χ2n) is 5.88. The van der Waals surface area contributed by atoms with Crippen LogP contribution in [0.5, 0.6) is 0 Å². The van der Waals surface area contributed by atoms with E-state index in [2.05, 4.69) is 4.98 Å². The van der Waals surface area contributed by atoms with E-state index < -0.39 is 0 Å². The third kappa shape index (κ3) is 4.16. The summed E-state index contributed by atoms with van der Waals surface area (Å²) in [5.74, 6) is 0.0623. The molecule has 0 aliphatic carbocycles. The van der Waals surface area contributed by atoms with Gasteiger partial charge in [0, 0.05) is 37.0 Å². The summed E-state index contributed by atoms with van der Waals surface area (Å²) < 4.78 is 5.75. The van der Waals surface area contributed by atoms with Crippen LogP contribution in [-0.4, -0.2) is 41.3 Å². The van der Waals surface area contributed by atoms with Gasteiger partial charge in [-0.25, -0.2) is 0 Å². The van der Waals surface area contributed by atoms with Gasteiger partial charge in [0.05, 0.1) is 11.7 Å². The van der Waals surface area contributed by atoms with Crippen LogP contribution in [0, 0.1) is 0 Å². The van der Waals surface area contributed by atoms with Crippen LogP contribution in [0.4, 0.5) is 0 Å². The fourth-order valence-corrected chi connectivity index (χ4v) is 3.54. The normalized spacial score (nSPS) is 17.0. The second kappa shape index (κ2) is 8.31. The molecule has 0 N–H and O–H groups in total. The maximum Gasteiger partial charge on any atom is 0.255 e. The molecule has 2 heterocycles. The first-order valence-corrected chi connectivity index (χ1v) is 9.43. The zero-order valence-corrected chi connectivity index (χ0v) is 14.7. The number of thioether (sulfide) groups is 1. The minimum Gasteiger partial charge on any atom is -0.376 e. The van der Waals surface area contributed by atoms with Gasteiger partial charge in [-0.2, -0.15) is 0 Å². The molecule has 1 aliphatic heterocycles. The summed E-state index contributed by atoms with van der Waals surface area (Å²) in [5, 5.41) is 0. The minimum atomic E-state index is 0.0623. The van der Waals surface area contributed by atoms with Crippen molar-refractivity contribution < 1.29 is 9.53 Å². The van der Waals surface area contributed by atoms with Crippen molar-refractivity contribution in [1.29, 1.82) is 0 Å². The smallest absolute Gasteiger partial charge is 0.255 e. The molecule has 2 aromatic rings. The molecule has 1 aromatic heterocycles. The maximum absolute atomic E-state index is 13.2.